The summed E-state index contributed by atoms with van der Waals surface area (Å²) in [6.45, 7) is 6.24. The molecule has 0 aromatic rings. The summed E-state index contributed by atoms with van der Waals surface area (Å²) in [5, 5.41) is 5.40. The van der Waals surface area contributed by atoms with Crippen LogP contribution < -0.4 is 5.73 Å². The van der Waals surface area contributed by atoms with Crippen molar-refractivity contribution in [2.45, 2.75) is 33.2 Å². The van der Waals surface area contributed by atoms with Crippen LogP contribution in [0.15, 0.2) is 0 Å². The molecule has 0 saturated heterocycles. The maximum Gasteiger partial charge on any atom is 0.322 e. The van der Waals surface area contributed by atoms with Gasteiger partial charge in [-0.25, -0.2) is 10.2 Å². The lowest BCUT2D eigenvalue weighted by Gasteiger charge is -2.11. The topological polar surface area (TPSA) is 93.2 Å². The van der Waals surface area contributed by atoms with Gasteiger partial charge in [0.15, 0.2) is 0 Å². The molecule has 0 aromatic heterocycles. The summed E-state index contributed by atoms with van der Waals surface area (Å²) in [5.74, 6) is 0.149. The van der Waals surface area contributed by atoms with E-state index in [9.17, 15) is 4.79 Å². The fourth-order valence-corrected chi connectivity index (χ4v) is 0.853. The Morgan fingerprint density at radius 2 is 2.00 bits per heavy atom. The van der Waals surface area contributed by atoms with Gasteiger partial charge in [-0.3, -0.25) is 4.79 Å². The van der Waals surface area contributed by atoms with E-state index in [0.29, 0.717) is 18.9 Å². The highest BCUT2D eigenvalue weighted by Gasteiger charge is 2.15. The number of hydrogen-bond donors (Lipinski definition) is 2. The molecule has 0 bridgehead atoms. The minimum Gasteiger partial charge on any atom is -0.465 e. The molecule has 0 aliphatic rings. The lowest BCUT2D eigenvalue weighted by atomic mass is 10.1. The van der Waals surface area contributed by atoms with Crippen LogP contribution in [0, 0.1) is 11.3 Å². The van der Waals surface area contributed by atoms with E-state index >= 15 is 0 Å². The minimum absolute atomic E-state index is 0.291. The van der Waals surface area contributed by atoms with Crippen LogP contribution in [0.25, 0.3) is 0 Å². The van der Waals surface area contributed by atoms with E-state index in [-0.39, 0.29) is 5.97 Å². The van der Waals surface area contributed by atoms with Crippen LogP contribution in [0.1, 0.15) is 27.2 Å². The molecule has 0 aliphatic carbocycles. The summed E-state index contributed by atoms with van der Waals surface area (Å²) in [4.78, 5) is 19.3. The van der Waals surface area contributed by atoms with Crippen LogP contribution in [-0.4, -0.2) is 24.7 Å². The van der Waals surface area contributed by atoms with E-state index in [0.717, 1.165) is 6.08 Å². The SMILES string of the molecule is CCOC(=O)C(N)CC(C)C.N=C=O. The molecule has 0 radical (unpaired) electrons. The van der Waals surface area contributed by atoms with E-state index in [1.54, 1.807) is 6.92 Å². The van der Waals surface area contributed by atoms with Crippen LogP contribution in [-0.2, 0) is 14.3 Å². The summed E-state index contributed by atoms with van der Waals surface area (Å²) in [7, 11) is 0. The smallest absolute Gasteiger partial charge is 0.322 e. The van der Waals surface area contributed by atoms with Gasteiger partial charge >= 0.3 is 5.97 Å². The van der Waals surface area contributed by atoms with Crippen LogP contribution >= 0.6 is 0 Å². The molecule has 14 heavy (non-hydrogen) atoms. The van der Waals surface area contributed by atoms with Gasteiger partial charge in [-0.15, -0.1) is 0 Å². The van der Waals surface area contributed by atoms with Gasteiger partial charge in [-0.05, 0) is 19.3 Å². The van der Waals surface area contributed by atoms with Gasteiger partial charge < -0.3 is 10.5 Å². The second-order valence-electron chi connectivity index (χ2n) is 3.09. The first kappa shape index (κ1) is 15.3. The van der Waals surface area contributed by atoms with Crippen LogP contribution in [0.5, 0.6) is 0 Å². The van der Waals surface area contributed by atoms with E-state index in [2.05, 4.69) is 0 Å². The van der Waals surface area contributed by atoms with Crippen molar-refractivity contribution >= 4 is 12.0 Å². The molecular weight excluding hydrogens is 184 g/mol. The summed E-state index contributed by atoms with van der Waals surface area (Å²) in [5.41, 5.74) is 5.53. The molecule has 1 unspecified atom stereocenters. The van der Waals surface area contributed by atoms with Crippen molar-refractivity contribution in [2.75, 3.05) is 6.61 Å². The number of ether oxygens (including phenoxy) is 1. The van der Waals surface area contributed by atoms with Crippen LogP contribution in [0.3, 0.4) is 0 Å². The first-order chi connectivity index (χ1) is 6.49. The van der Waals surface area contributed by atoms with Gasteiger partial charge in [-0.2, -0.15) is 0 Å². The average Bonchev–Trinajstić information content (AvgIpc) is 2.04. The maximum atomic E-state index is 10.9. The van der Waals surface area contributed by atoms with Gasteiger partial charge in [0.2, 0.25) is 6.08 Å². The highest BCUT2D eigenvalue weighted by atomic mass is 16.5. The summed E-state index contributed by atoms with van der Waals surface area (Å²) < 4.78 is 4.74. The van der Waals surface area contributed by atoms with Gasteiger partial charge in [0.25, 0.3) is 0 Å². The predicted octanol–water partition coefficient (Wildman–Crippen LogP) is 0.824. The second-order valence-corrected chi connectivity index (χ2v) is 3.09. The molecule has 0 heterocycles. The van der Waals surface area contributed by atoms with E-state index in [1.807, 2.05) is 13.8 Å². The molecule has 5 nitrogen and oxygen atoms in total. The Labute approximate surface area is 84.1 Å². The Bertz CT molecular complexity index is 186. The highest BCUT2D eigenvalue weighted by Crippen LogP contribution is 2.03. The molecule has 82 valence electrons. The van der Waals surface area contributed by atoms with Crippen LogP contribution in [0.2, 0.25) is 0 Å². The van der Waals surface area contributed by atoms with E-state index < -0.39 is 6.04 Å². The lowest BCUT2D eigenvalue weighted by Crippen LogP contribution is -2.33. The monoisotopic (exact) mass is 202 g/mol. The molecular formula is C9H18N2O3. The van der Waals surface area contributed by atoms with Crippen molar-refractivity contribution in [2.24, 2.45) is 11.7 Å². The second kappa shape index (κ2) is 9.89. The number of nitrogens with two attached hydrogens (primary N) is 1. The summed E-state index contributed by atoms with van der Waals surface area (Å²) in [6.07, 6.45) is 1.44. The molecule has 0 amide bonds. The number of isocyanates is 1. The highest BCUT2D eigenvalue weighted by molar-refractivity contribution is 5.75. The molecule has 1 atom stereocenters. The Morgan fingerprint density at radius 3 is 2.29 bits per heavy atom. The van der Waals surface area contributed by atoms with Crippen molar-refractivity contribution in [3.63, 3.8) is 0 Å². The third kappa shape index (κ3) is 10.8. The molecule has 5 heteroatoms. The average molecular weight is 202 g/mol. The van der Waals surface area contributed by atoms with Crippen molar-refractivity contribution in [3.05, 3.63) is 0 Å². The zero-order valence-electron chi connectivity index (χ0n) is 8.87. The molecule has 0 spiro atoms. The molecule has 3 N–H and O–H groups in total. The Morgan fingerprint density at radius 1 is 1.57 bits per heavy atom. The van der Waals surface area contributed by atoms with Crippen molar-refractivity contribution in [3.8, 4) is 0 Å². The number of esters is 1. The first-order valence-electron chi connectivity index (χ1n) is 4.45. The largest absolute Gasteiger partial charge is 0.465 e. The standard InChI is InChI=1S/C8H17NO2.CHNO/c1-4-11-8(10)7(9)5-6(2)3;2-1-3/h6-7H,4-5,9H2,1-3H3;2H. The number of carbonyl (C=O) groups is 1. The predicted molar refractivity (Wildman–Crippen MR) is 52.5 cm³/mol. The fourth-order valence-electron chi connectivity index (χ4n) is 0.853. The third-order valence-electron chi connectivity index (χ3n) is 1.31. The van der Waals surface area contributed by atoms with Gasteiger partial charge in [0.1, 0.15) is 6.04 Å². The van der Waals surface area contributed by atoms with Gasteiger partial charge in [-0.1, -0.05) is 13.8 Å². The molecule has 0 fully saturated rings. The van der Waals surface area contributed by atoms with Crippen molar-refractivity contribution in [1.82, 2.24) is 0 Å². The minimum atomic E-state index is -0.449. The van der Waals surface area contributed by atoms with Crippen LogP contribution in [0.4, 0.5) is 0 Å². The summed E-state index contributed by atoms with van der Waals surface area (Å²) in [6, 6.07) is -0.449. The Hall–Kier alpha value is -1.19. The molecule has 0 aromatic carbocycles. The zero-order chi connectivity index (χ0) is 11.6. The maximum absolute atomic E-state index is 10.9. The summed E-state index contributed by atoms with van der Waals surface area (Å²) >= 11 is 0. The normalized spacial score (nSPS) is 10.9. The van der Waals surface area contributed by atoms with Gasteiger partial charge in [0, 0.05) is 0 Å². The number of nitrogens with one attached hydrogen (secondary N) is 1. The molecule has 0 rings (SSSR count). The quantitative estimate of drug-likeness (QED) is 0.401. The van der Waals surface area contributed by atoms with E-state index in [1.165, 1.54) is 0 Å². The molecule has 0 aliphatic heterocycles. The zero-order valence-corrected chi connectivity index (χ0v) is 8.87. The van der Waals surface area contributed by atoms with Gasteiger partial charge in [0.05, 0.1) is 6.61 Å². The number of carbonyl (C=O) groups excluding carboxylic acids is 2. The number of hydrogen-bond acceptors (Lipinski definition) is 5. The molecule has 0 saturated carbocycles. The lowest BCUT2D eigenvalue weighted by molar-refractivity contribution is -0.145. The van der Waals surface area contributed by atoms with Crippen molar-refractivity contribution in [1.29, 1.82) is 5.41 Å². The Balaban J connectivity index is 0. The Kier molecular flexibility index (Phi) is 10.8. The van der Waals surface area contributed by atoms with Crippen molar-refractivity contribution < 1.29 is 14.3 Å². The number of rotatable bonds is 4. The fraction of sp³-hybridized carbons (Fsp3) is 0.778. The first-order valence-corrected chi connectivity index (χ1v) is 4.45. The van der Waals surface area contributed by atoms with E-state index in [4.69, 9.17) is 20.7 Å². The third-order valence-corrected chi connectivity index (χ3v) is 1.31.